The topological polar surface area (TPSA) is 75.8 Å². The fourth-order valence-corrected chi connectivity index (χ4v) is 1.92. The molecule has 21 heavy (non-hydrogen) atoms. The van der Waals surface area contributed by atoms with E-state index in [1.165, 1.54) is 12.1 Å². The van der Waals surface area contributed by atoms with Crippen LogP contribution < -0.4 is 4.18 Å². The second kappa shape index (κ2) is 7.27. The van der Waals surface area contributed by atoms with Gasteiger partial charge in [0.1, 0.15) is 12.8 Å². The minimum Gasteiger partial charge on any atom is -0.438 e. The lowest BCUT2D eigenvalue weighted by molar-refractivity contribution is -0.486. The van der Waals surface area contributed by atoms with E-state index in [4.69, 9.17) is 9.29 Å². The van der Waals surface area contributed by atoms with Crippen LogP contribution in [0.25, 0.3) is 0 Å². The van der Waals surface area contributed by atoms with Gasteiger partial charge in [0.05, 0.1) is 5.56 Å². The molecule has 0 saturated heterocycles. The zero-order valence-corrected chi connectivity index (χ0v) is 11.7. The molecule has 1 aliphatic heterocycles. The highest BCUT2D eigenvalue weighted by molar-refractivity contribution is 7.81. The maximum absolute atomic E-state index is 10.5. The third-order valence-corrected chi connectivity index (χ3v) is 2.72. The summed E-state index contributed by atoms with van der Waals surface area (Å²) in [5.41, 5.74) is 0.827. The van der Waals surface area contributed by atoms with Gasteiger partial charge in [0.25, 0.3) is 0 Å². The lowest BCUT2D eigenvalue weighted by atomic mass is 10.2. The van der Waals surface area contributed by atoms with Crippen molar-refractivity contribution in [2.45, 2.75) is 6.68 Å². The van der Waals surface area contributed by atoms with Gasteiger partial charge >= 0.3 is 23.0 Å². The Bertz CT molecular complexity index is 598. The fourth-order valence-electron chi connectivity index (χ4n) is 1.57. The predicted molar refractivity (Wildman–Crippen MR) is 66.8 cm³/mol. The average molecular weight is 328 g/mol. The zero-order chi connectivity index (χ0) is 16.0. The first-order valence-electron chi connectivity index (χ1n) is 5.59. The summed E-state index contributed by atoms with van der Waals surface area (Å²) in [7, 11) is -2.56. The molecular formula is C11H13F3NO5S+. The normalized spacial score (nSPS) is 14.6. The molecule has 0 amide bonds. The Morgan fingerprint density at radius 3 is 2.19 bits per heavy atom. The van der Waals surface area contributed by atoms with Crippen molar-refractivity contribution in [3.05, 3.63) is 29.8 Å². The highest BCUT2D eigenvalue weighted by Gasteiger charge is 2.22. The molecule has 0 unspecified atom stereocenters. The van der Waals surface area contributed by atoms with Crippen LogP contribution in [0.1, 0.15) is 5.56 Å². The van der Waals surface area contributed by atoms with E-state index in [9.17, 15) is 21.6 Å². The van der Waals surface area contributed by atoms with Crippen molar-refractivity contribution < 1.29 is 39.6 Å². The molecule has 1 aromatic rings. The van der Waals surface area contributed by atoms with Crippen LogP contribution in [0.15, 0.2) is 24.3 Å². The van der Waals surface area contributed by atoms with Crippen LogP contribution in [0.4, 0.5) is 13.2 Å². The highest BCUT2D eigenvalue weighted by Crippen LogP contribution is 2.15. The summed E-state index contributed by atoms with van der Waals surface area (Å²) in [4.78, 5) is 0. The van der Waals surface area contributed by atoms with Gasteiger partial charge in [-0.05, 0) is 24.3 Å². The van der Waals surface area contributed by atoms with Gasteiger partial charge < -0.3 is 8.92 Å². The predicted octanol–water partition coefficient (Wildman–Crippen LogP) is 1.47. The molecule has 1 aromatic carbocycles. The second-order valence-corrected chi connectivity index (χ2v) is 4.88. The minimum absolute atomic E-state index is 0.0532. The summed E-state index contributed by atoms with van der Waals surface area (Å²) in [6, 6.07) is 6.23. The molecule has 0 atom stereocenters. The fraction of sp³-hybridized carbons (Fsp3) is 0.364. The molecule has 0 saturated carbocycles. The molecular weight excluding hydrogens is 315 g/mol. The molecule has 1 heterocycles. The summed E-state index contributed by atoms with van der Waals surface area (Å²) < 4.78 is 70.2. The molecule has 0 fully saturated rings. The molecule has 0 aliphatic carbocycles. The van der Waals surface area contributed by atoms with Crippen molar-refractivity contribution in [3.63, 3.8) is 0 Å². The molecule has 2 rings (SSSR count). The van der Waals surface area contributed by atoms with E-state index in [0.29, 0.717) is 6.61 Å². The SMILES string of the molecule is C[N+]1=C(c2ccc(OS(=O)(=O)O)cc2)OCC1.FC(F)F. The van der Waals surface area contributed by atoms with Gasteiger partial charge in [0.2, 0.25) is 0 Å². The van der Waals surface area contributed by atoms with Gasteiger partial charge in [0, 0.05) is 0 Å². The van der Waals surface area contributed by atoms with E-state index in [1.807, 2.05) is 11.6 Å². The van der Waals surface area contributed by atoms with Crippen LogP contribution in [0.5, 0.6) is 5.75 Å². The number of hydrogen-bond acceptors (Lipinski definition) is 4. The Morgan fingerprint density at radius 2 is 1.81 bits per heavy atom. The molecule has 0 aromatic heterocycles. The Hall–Kier alpha value is -1.81. The number of likely N-dealkylation sites (N-methyl/N-ethyl adjacent to an activating group) is 1. The van der Waals surface area contributed by atoms with E-state index in [1.54, 1.807) is 12.1 Å². The molecule has 1 N–H and O–H groups in total. The van der Waals surface area contributed by atoms with Crippen molar-refractivity contribution >= 4 is 16.3 Å². The van der Waals surface area contributed by atoms with Crippen molar-refractivity contribution in [2.75, 3.05) is 20.2 Å². The third kappa shape index (κ3) is 6.45. The van der Waals surface area contributed by atoms with Crippen molar-refractivity contribution in [3.8, 4) is 5.75 Å². The number of rotatable bonds is 3. The number of ether oxygens (including phenoxy) is 1. The smallest absolute Gasteiger partial charge is 0.438 e. The Morgan fingerprint density at radius 1 is 1.29 bits per heavy atom. The van der Waals surface area contributed by atoms with E-state index in [-0.39, 0.29) is 5.75 Å². The summed E-state index contributed by atoms with van der Waals surface area (Å²) in [5, 5.41) is 0. The first-order valence-corrected chi connectivity index (χ1v) is 6.96. The molecule has 0 spiro atoms. The monoisotopic (exact) mass is 328 g/mol. The van der Waals surface area contributed by atoms with E-state index >= 15 is 0 Å². The maximum atomic E-state index is 10.5. The molecule has 0 bridgehead atoms. The van der Waals surface area contributed by atoms with Gasteiger partial charge in [-0.1, -0.05) is 0 Å². The van der Waals surface area contributed by atoms with Crippen molar-refractivity contribution in [1.82, 2.24) is 0 Å². The van der Waals surface area contributed by atoms with E-state index < -0.39 is 17.1 Å². The first kappa shape index (κ1) is 17.2. The lowest BCUT2D eigenvalue weighted by Crippen LogP contribution is -2.12. The lowest BCUT2D eigenvalue weighted by Gasteiger charge is -2.02. The molecule has 10 heteroatoms. The van der Waals surface area contributed by atoms with Gasteiger partial charge in [-0.15, -0.1) is 0 Å². The average Bonchev–Trinajstić information content (AvgIpc) is 2.74. The van der Waals surface area contributed by atoms with Crippen LogP contribution in [0.2, 0.25) is 0 Å². The molecule has 1 aliphatic rings. The summed E-state index contributed by atoms with van der Waals surface area (Å²) in [5.74, 6) is 0.793. The highest BCUT2D eigenvalue weighted by atomic mass is 32.3. The molecule has 6 nitrogen and oxygen atoms in total. The van der Waals surface area contributed by atoms with E-state index in [0.717, 1.165) is 18.0 Å². The van der Waals surface area contributed by atoms with Gasteiger partial charge in [0.15, 0.2) is 13.2 Å². The van der Waals surface area contributed by atoms with Crippen LogP contribution in [0, 0.1) is 0 Å². The Labute approximate surface area is 119 Å². The molecule has 118 valence electrons. The number of alkyl halides is 3. The van der Waals surface area contributed by atoms with Gasteiger partial charge in [-0.2, -0.15) is 26.2 Å². The third-order valence-electron chi connectivity index (χ3n) is 2.31. The number of nitrogens with zero attached hydrogens (tertiary/aromatic N) is 1. The van der Waals surface area contributed by atoms with Crippen LogP contribution in [-0.2, 0) is 15.1 Å². The van der Waals surface area contributed by atoms with Crippen molar-refractivity contribution in [1.29, 1.82) is 0 Å². The summed E-state index contributed by atoms with van der Waals surface area (Å²) in [6.45, 7) is -2.21. The largest absolute Gasteiger partial charge is 0.446 e. The maximum Gasteiger partial charge on any atom is 0.446 e. The van der Waals surface area contributed by atoms with Crippen molar-refractivity contribution in [2.24, 2.45) is 0 Å². The number of halogens is 3. The summed E-state index contributed by atoms with van der Waals surface area (Å²) in [6.07, 6.45) is 0. The standard InChI is InChI=1S/C10H11NO5S.CHF3/c1-11-6-7-15-10(11)8-2-4-9(5-3-8)16-17(12,13)14;2-1(3)4/h2-5H,6-7H2,1H3;1H/p+1. The van der Waals surface area contributed by atoms with Crippen LogP contribution in [-0.4, -0.2) is 50.3 Å². The molecule has 0 radical (unpaired) electrons. The van der Waals surface area contributed by atoms with Gasteiger partial charge in [-0.25, -0.2) is 0 Å². The van der Waals surface area contributed by atoms with Crippen LogP contribution >= 0.6 is 0 Å². The van der Waals surface area contributed by atoms with E-state index in [2.05, 4.69) is 4.18 Å². The number of hydrogen-bond donors (Lipinski definition) is 1. The second-order valence-electron chi connectivity index (χ2n) is 3.86. The summed E-state index contributed by atoms with van der Waals surface area (Å²) >= 11 is 0. The quantitative estimate of drug-likeness (QED) is 0.672. The Kier molecular flexibility index (Phi) is 5.97. The Balaban J connectivity index is 0.000000491. The minimum atomic E-state index is -4.47. The zero-order valence-electron chi connectivity index (χ0n) is 10.9. The number of benzene rings is 1. The van der Waals surface area contributed by atoms with Crippen LogP contribution in [0.3, 0.4) is 0 Å². The first-order chi connectivity index (χ1) is 9.69. The van der Waals surface area contributed by atoms with Gasteiger partial charge in [-0.3, -0.25) is 4.55 Å².